The number of hydrogen-bond acceptors (Lipinski definition) is 4. The van der Waals surface area contributed by atoms with Gasteiger partial charge >= 0.3 is 6.03 Å². The van der Waals surface area contributed by atoms with E-state index in [-0.39, 0.29) is 11.9 Å². The summed E-state index contributed by atoms with van der Waals surface area (Å²) in [4.78, 5) is 24.9. The predicted molar refractivity (Wildman–Crippen MR) is 80.2 cm³/mol. The van der Waals surface area contributed by atoms with Crippen LogP contribution in [-0.4, -0.2) is 43.6 Å². The third kappa shape index (κ3) is 4.01. The Bertz CT molecular complexity index is 533. The first-order valence-corrected chi connectivity index (χ1v) is 6.86. The van der Waals surface area contributed by atoms with E-state index >= 15 is 0 Å². The zero-order chi connectivity index (χ0) is 15.2. The number of carbonyl (C=O) groups is 2. The summed E-state index contributed by atoms with van der Waals surface area (Å²) in [6.07, 6.45) is 0.963. The number of nitrogens with zero attached hydrogens (tertiary/aromatic N) is 1. The highest BCUT2D eigenvalue weighted by atomic mass is 16.5. The second-order valence-corrected chi connectivity index (χ2v) is 4.82. The molecule has 1 aromatic carbocycles. The van der Waals surface area contributed by atoms with Crippen molar-refractivity contribution in [2.24, 2.45) is 0 Å². The highest BCUT2D eigenvalue weighted by Crippen LogP contribution is 2.24. The number of hydrogen-bond donors (Lipinski definition) is 3. The SMILES string of the molecule is COc1ccc(NC(=O)CCCN2CCNC2=O)c(N)c1. The molecule has 0 radical (unpaired) electrons. The first-order chi connectivity index (χ1) is 10.1. The van der Waals surface area contributed by atoms with E-state index in [2.05, 4.69) is 10.6 Å². The standard InChI is InChI=1S/C14H20N4O3/c1-21-10-4-5-12(11(15)9-10)17-13(19)3-2-7-18-8-6-16-14(18)20/h4-5,9H,2-3,6-8,15H2,1H3,(H,16,20)(H,17,19). The monoisotopic (exact) mass is 292 g/mol. The average Bonchev–Trinajstić information content (AvgIpc) is 2.87. The van der Waals surface area contributed by atoms with Gasteiger partial charge in [0.25, 0.3) is 0 Å². The summed E-state index contributed by atoms with van der Waals surface area (Å²) in [5, 5.41) is 5.48. The summed E-state index contributed by atoms with van der Waals surface area (Å²) in [5.74, 6) is 0.525. The molecular weight excluding hydrogens is 272 g/mol. The van der Waals surface area contributed by atoms with Gasteiger partial charge in [-0.05, 0) is 18.6 Å². The molecule has 0 unspecified atom stereocenters. The van der Waals surface area contributed by atoms with Crippen molar-refractivity contribution in [3.8, 4) is 5.75 Å². The quantitative estimate of drug-likeness (QED) is 0.682. The lowest BCUT2D eigenvalue weighted by atomic mass is 10.2. The number of benzene rings is 1. The molecule has 1 aliphatic rings. The number of carbonyl (C=O) groups excluding carboxylic acids is 2. The summed E-state index contributed by atoms with van der Waals surface area (Å²) >= 11 is 0. The first-order valence-electron chi connectivity index (χ1n) is 6.86. The van der Waals surface area contributed by atoms with Gasteiger partial charge in [0.1, 0.15) is 5.75 Å². The van der Waals surface area contributed by atoms with Crippen molar-refractivity contribution in [2.45, 2.75) is 12.8 Å². The molecule has 114 valence electrons. The summed E-state index contributed by atoms with van der Waals surface area (Å²) in [7, 11) is 1.56. The molecule has 7 nitrogen and oxygen atoms in total. The summed E-state index contributed by atoms with van der Waals surface area (Å²) in [6.45, 7) is 1.95. The Balaban J connectivity index is 1.78. The average molecular weight is 292 g/mol. The van der Waals surface area contributed by atoms with Crippen LogP contribution >= 0.6 is 0 Å². The maximum atomic E-state index is 11.9. The molecule has 0 aromatic heterocycles. The van der Waals surface area contributed by atoms with Gasteiger partial charge in [-0.1, -0.05) is 0 Å². The number of rotatable bonds is 6. The lowest BCUT2D eigenvalue weighted by molar-refractivity contribution is -0.116. The van der Waals surface area contributed by atoms with Crippen molar-refractivity contribution in [2.75, 3.05) is 37.8 Å². The Morgan fingerprint density at radius 1 is 1.52 bits per heavy atom. The van der Waals surface area contributed by atoms with Gasteiger partial charge in [0.15, 0.2) is 0 Å². The Hall–Kier alpha value is -2.44. The Kier molecular flexibility index (Phi) is 4.86. The smallest absolute Gasteiger partial charge is 0.317 e. The van der Waals surface area contributed by atoms with E-state index in [4.69, 9.17) is 10.5 Å². The Labute approximate surface area is 123 Å². The molecule has 1 aromatic rings. The first kappa shape index (κ1) is 15.0. The third-order valence-corrected chi connectivity index (χ3v) is 3.31. The van der Waals surface area contributed by atoms with Crippen molar-refractivity contribution < 1.29 is 14.3 Å². The van der Waals surface area contributed by atoms with Gasteiger partial charge in [-0.2, -0.15) is 0 Å². The fraction of sp³-hybridized carbons (Fsp3) is 0.429. The summed E-state index contributed by atoms with van der Waals surface area (Å²) < 4.78 is 5.05. The summed E-state index contributed by atoms with van der Waals surface area (Å²) in [5.41, 5.74) is 6.86. The van der Waals surface area contributed by atoms with Crippen molar-refractivity contribution >= 4 is 23.3 Å². The van der Waals surface area contributed by atoms with E-state index in [9.17, 15) is 9.59 Å². The lowest BCUT2D eigenvalue weighted by Gasteiger charge is -2.14. The van der Waals surface area contributed by atoms with Crippen LogP contribution in [0.25, 0.3) is 0 Å². The van der Waals surface area contributed by atoms with Crippen molar-refractivity contribution in [3.05, 3.63) is 18.2 Å². The van der Waals surface area contributed by atoms with Crippen LogP contribution in [0.4, 0.5) is 16.2 Å². The van der Waals surface area contributed by atoms with E-state index < -0.39 is 0 Å². The molecule has 4 N–H and O–H groups in total. The van der Waals surface area contributed by atoms with Gasteiger partial charge in [-0.25, -0.2) is 4.79 Å². The second-order valence-electron chi connectivity index (χ2n) is 4.82. The van der Waals surface area contributed by atoms with Crippen molar-refractivity contribution in [1.29, 1.82) is 0 Å². The van der Waals surface area contributed by atoms with Crippen molar-refractivity contribution in [3.63, 3.8) is 0 Å². The van der Waals surface area contributed by atoms with E-state index in [1.165, 1.54) is 0 Å². The van der Waals surface area contributed by atoms with Crippen LogP contribution in [0, 0.1) is 0 Å². The van der Waals surface area contributed by atoms with Gasteiger partial charge in [0.05, 0.1) is 18.5 Å². The number of nitrogens with two attached hydrogens (primary N) is 1. The van der Waals surface area contributed by atoms with Gasteiger partial charge in [0.2, 0.25) is 5.91 Å². The number of nitrogen functional groups attached to an aromatic ring is 1. The van der Waals surface area contributed by atoms with Crippen LogP contribution < -0.4 is 21.1 Å². The maximum absolute atomic E-state index is 11.9. The molecule has 3 amide bonds. The van der Waals surface area contributed by atoms with E-state index in [1.807, 2.05) is 0 Å². The lowest BCUT2D eigenvalue weighted by Crippen LogP contribution is -2.29. The fourth-order valence-corrected chi connectivity index (χ4v) is 2.15. The van der Waals surface area contributed by atoms with Crippen LogP contribution in [0.5, 0.6) is 5.75 Å². The van der Waals surface area contributed by atoms with Gasteiger partial charge in [-0.3, -0.25) is 4.79 Å². The van der Waals surface area contributed by atoms with Gasteiger partial charge in [0, 0.05) is 32.1 Å². The molecule has 21 heavy (non-hydrogen) atoms. The molecule has 0 aliphatic carbocycles. The molecular formula is C14H20N4O3. The molecule has 1 saturated heterocycles. The molecule has 0 atom stereocenters. The molecule has 1 aliphatic heterocycles. The maximum Gasteiger partial charge on any atom is 0.317 e. The van der Waals surface area contributed by atoms with Crippen molar-refractivity contribution in [1.82, 2.24) is 10.2 Å². The topological polar surface area (TPSA) is 96.7 Å². The number of urea groups is 1. The number of methoxy groups -OCH3 is 1. The van der Waals surface area contributed by atoms with Crippen LogP contribution in [0.15, 0.2) is 18.2 Å². The minimum absolute atomic E-state index is 0.0604. The molecule has 7 heteroatoms. The molecule has 1 heterocycles. The van der Waals surface area contributed by atoms with Gasteiger partial charge < -0.3 is 26.0 Å². The zero-order valence-corrected chi connectivity index (χ0v) is 12.0. The minimum Gasteiger partial charge on any atom is -0.497 e. The molecule has 0 bridgehead atoms. The third-order valence-electron chi connectivity index (χ3n) is 3.31. The molecule has 2 rings (SSSR count). The second kappa shape index (κ2) is 6.83. The highest BCUT2D eigenvalue weighted by Gasteiger charge is 2.18. The number of anilines is 2. The normalized spacial score (nSPS) is 14.0. The van der Waals surface area contributed by atoms with Crippen LogP contribution in [0.2, 0.25) is 0 Å². The number of amides is 3. The largest absolute Gasteiger partial charge is 0.497 e. The van der Waals surface area contributed by atoms with Crippen LogP contribution in [0.3, 0.4) is 0 Å². The summed E-state index contributed by atoms with van der Waals surface area (Å²) in [6, 6.07) is 5.04. The highest BCUT2D eigenvalue weighted by molar-refractivity contribution is 5.94. The Morgan fingerprint density at radius 3 is 2.95 bits per heavy atom. The van der Waals surface area contributed by atoms with E-state index in [1.54, 1.807) is 30.2 Å². The molecule has 0 spiro atoms. The Morgan fingerprint density at radius 2 is 2.33 bits per heavy atom. The van der Waals surface area contributed by atoms with E-state index in [0.29, 0.717) is 49.6 Å². The fourth-order valence-electron chi connectivity index (χ4n) is 2.15. The van der Waals surface area contributed by atoms with Crippen LogP contribution in [-0.2, 0) is 4.79 Å². The molecule has 0 saturated carbocycles. The van der Waals surface area contributed by atoms with E-state index in [0.717, 1.165) is 0 Å². The number of nitrogens with one attached hydrogen (secondary N) is 2. The number of ether oxygens (including phenoxy) is 1. The predicted octanol–water partition coefficient (Wildman–Crippen LogP) is 1.02. The van der Waals surface area contributed by atoms with Crippen LogP contribution in [0.1, 0.15) is 12.8 Å². The zero-order valence-electron chi connectivity index (χ0n) is 12.0. The minimum atomic E-state index is -0.119. The molecule has 1 fully saturated rings. The van der Waals surface area contributed by atoms with Gasteiger partial charge in [-0.15, -0.1) is 0 Å².